The summed E-state index contributed by atoms with van der Waals surface area (Å²) in [6.45, 7) is 7.87. The highest BCUT2D eigenvalue weighted by molar-refractivity contribution is 14.0. The molecule has 2 atom stereocenters. The Balaban J connectivity index is 0.00000441. The van der Waals surface area contributed by atoms with Crippen LogP contribution in [0.2, 0.25) is 0 Å². The molecule has 0 saturated heterocycles. The molecule has 0 heterocycles. The Morgan fingerprint density at radius 1 is 1.27 bits per heavy atom. The van der Waals surface area contributed by atoms with Crippen LogP contribution in [0.15, 0.2) is 4.99 Å². The first-order valence-corrected chi connectivity index (χ1v) is 9.50. The third-order valence-electron chi connectivity index (χ3n) is 4.10. The molecule has 2 unspecified atom stereocenters. The van der Waals surface area contributed by atoms with Crippen molar-refractivity contribution in [2.24, 2.45) is 10.9 Å². The number of aliphatic imine (C=N–C) groups is 1. The van der Waals surface area contributed by atoms with E-state index < -0.39 is 14.6 Å². The average Bonchev–Trinajstić information content (AvgIpc) is 2.36. The van der Waals surface area contributed by atoms with Gasteiger partial charge in [0.15, 0.2) is 15.8 Å². The van der Waals surface area contributed by atoms with Crippen molar-refractivity contribution >= 4 is 39.8 Å². The van der Waals surface area contributed by atoms with Gasteiger partial charge in [-0.3, -0.25) is 4.99 Å². The lowest BCUT2D eigenvalue weighted by Gasteiger charge is -2.29. The Hall–Kier alpha value is -0.0500. The second kappa shape index (κ2) is 9.30. The van der Waals surface area contributed by atoms with E-state index in [9.17, 15) is 8.42 Å². The molecule has 1 fully saturated rings. The maximum Gasteiger partial charge on any atom is 0.191 e. The van der Waals surface area contributed by atoms with Crippen molar-refractivity contribution in [3.05, 3.63) is 0 Å². The maximum atomic E-state index is 12.1. The van der Waals surface area contributed by atoms with Gasteiger partial charge in [0.05, 0.1) is 10.5 Å². The van der Waals surface area contributed by atoms with E-state index in [1.165, 1.54) is 12.8 Å². The minimum Gasteiger partial charge on any atom is -0.355 e. The lowest BCUT2D eigenvalue weighted by molar-refractivity contribution is 0.324. The SMILES string of the molecule is CN=C(NCCS(=O)(=O)C(C)(C)C)NC1CCCC(C)C1.I. The van der Waals surface area contributed by atoms with Crippen LogP contribution in [0, 0.1) is 5.92 Å². The minimum atomic E-state index is -3.09. The number of sulfone groups is 1. The molecule has 0 aliphatic heterocycles. The highest BCUT2D eigenvalue weighted by Crippen LogP contribution is 2.23. The van der Waals surface area contributed by atoms with Gasteiger partial charge in [-0.1, -0.05) is 19.8 Å². The highest BCUT2D eigenvalue weighted by atomic mass is 127. The predicted molar refractivity (Wildman–Crippen MR) is 105 cm³/mol. The van der Waals surface area contributed by atoms with Crippen LogP contribution in [0.25, 0.3) is 0 Å². The molecule has 0 radical (unpaired) electrons. The van der Waals surface area contributed by atoms with Crippen LogP contribution in [0.4, 0.5) is 0 Å². The van der Waals surface area contributed by atoms with E-state index in [1.54, 1.807) is 27.8 Å². The fourth-order valence-electron chi connectivity index (χ4n) is 2.56. The zero-order chi connectivity index (χ0) is 16.1. The Kier molecular flexibility index (Phi) is 9.27. The second-order valence-corrected chi connectivity index (χ2v) is 9.91. The van der Waals surface area contributed by atoms with Crippen molar-refractivity contribution in [1.29, 1.82) is 0 Å². The summed E-state index contributed by atoms with van der Waals surface area (Å²) in [5, 5.41) is 6.52. The standard InChI is InChI=1S/C15H31N3O2S.HI/c1-12-7-6-8-13(11-12)18-14(16-5)17-9-10-21(19,20)15(2,3)4;/h12-13H,6-11H2,1-5H3,(H2,16,17,18);1H. The van der Waals surface area contributed by atoms with Gasteiger partial charge in [0.25, 0.3) is 0 Å². The largest absolute Gasteiger partial charge is 0.355 e. The summed E-state index contributed by atoms with van der Waals surface area (Å²) in [4.78, 5) is 4.19. The van der Waals surface area contributed by atoms with Crippen LogP contribution in [0.3, 0.4) is 0 Å². The van der Waals surface area contributed by atoms with Crippen molar-refractivity contribution in [2.75, 3.05) is 19.3 Å². The predicted octanol–water partition coefficient (Wildman–Crippen LogP) is 2.56. The smallest absolute Gasteiger partial charge is 0.191 e. The highest BCUT2D eigenvalue weighted by Gasteiger charge is 2.28. The number of nitrogens with zero attached hydrogens (tertiary/aromatic N) is 1. The average molecular weight is 445 g/mol. The van der Waals surface area contributed by atoms with E-state index in [0.29, 0.717) is 18.5 Å². The number of hydrogen-bond acceptors (Lipinski definition) is 3. The molecule has 5 nitrogen and oxygen atoms in total. The molecule has 22 heavy (non-hydrogen) atoms. The molecule has 132 valence electrons. The van der Waals surface area contributed by atoms with Crippen molar-refractivity contribution in [3.8, 4) is 0 Å². The van der Waals surface area contributed by atoms with Crippen LogP contribution in [0.1, 0.15) is 53.4 Å². The van der Waals surface area contributed by atoms with E-state index in [-0.39, 0.29) is 29.7 Å². The summed E-state index contributed by atoms with van der Waals surface area (Å²) in [6, 6.07) is 0.444. The van der Waals surface area contributed by atoms with Crippen molar-refractivity contribution in [1.82, 2.24) is 10.6 Å². The van der Waals surface area contributed by atoms with E-state index in [0.717, 1.165) is 18.8 Å². The molecule has 1 saturated carbocycles. The van der Waals surface area contributed by atoms with Gasteiger partial charge in [0.2, 0.25) is 0 Å². The van der Waals surface area contributed by atoms with Crippen LogP contribution < -0.4 is 10.6 Å². The van der Waals surface area contributed by atoms with Gasteiger partial charge in [-0.15, -0.1) is 24.0 Å². The summed E-state index contributed by atoms with van der Waals surface area (Å²) in [5.74, 6) is 1.58. The zero-order valence-corrected chi connectivity index (χ0v) is 17.6. The Morgan fingerprint density at radius 2 is 1.91 bits per heavy atom. The summed E-state index contributed by atoms with van der Waals surface area (Å²) in [5.41, 5.74) is 0. The molecule has 2 N–H and O–H groups in total. The van der Waals surface area contributed by atoms with Crippen molar-refractivity contribution in [3.63, 3.8) is 0 Å². The normalized spacial score (nSPS) is 23.6. The number of halogens is 1. The van der Waals surface area contributed by atoms with E-state index >= 15 is 0 Å². The fraction of sp³-hybridized carbons (Fsp3) is 0.933. The summed E-state index contributed by atoms with van der Waals surface area (Å²) < 4.78 is 23.4. The summed E-state index contributed by atoms with van der Waals surface area (Å²) in [7, 11) is -1.37. The summed E-state index contributed by atoms with van der Waals surface area (Å²) >= 11 is 0. The molecule has 7 heteroatoms. The van der Waals surface area contributed by atoms with Gasteiger partial charge < -0.3 is 10.6 Å². The van der Waals surface area contributed by atoms with E-state index in [2.05, 4.69) is 22.5 Å². The van der Waals surface area contributed by atoms with E-state index in [4.69, 9.17) is 0 Å². The van der Waals surface area contributed by atoms with E-state index in [1.807, 2.05) is 0 Å². The molecular formula is C15H32IN3O2S. The van der Waals surface area contributed by atoms with Gasteiger partial charge >= 0.3 is 0 Å². The van der Waals surface area contributed by atoms with Gasteiger partial charge in [-0.2, -0.15) is 0 Å². The Labute approximate surface area is 153 Å². The van der Waals surface area contributed by atoms with Crippen molar-refractivity contribution < 1.29 is 8.42 Å². The van der Waals surface area contributed by atoms with Gasteiger partial charge in [0.1, 0.15) is 0 Å². The third kappa shape index (κ3) is 7.02. The first kappa shape index (κ1) is 21.9. The number of hydrogen-bond donors (Lipinski definition) is 2. The molecule has 1 aliphatic rings. The lowest BCUT2D eigenvalue weighted by Crippen LogP contribution is -2.46. The van der Waals surface area contributed by atoms with Crippen LogP contribution in [0.5, 0.6) is 0 Å². The van der Waals surface area contributed by atoms with Crippen LogP contribution >= 0.6 is 24.0 Å². The Bertz CT molecular complexity index is 458. The monoisotopic (exact) mass is 445 g/mol. The second-order valence-electron chi connectivity index (χ2n) is 7.04. The maximum absolute atomic E-state index is 12.1. The topological polar surface area (TPSA) is 70.6 Å². The third-order valence-corrected chi connectivity index (χ3v) is 6.70. The molecule has 1 rings (SSSR count). The van der Waals surface area contributed by atoms with Crippen molar-refractivity contribution in [2.45, 2.75) is 64.2 Å². The molecule has 0 aromatic carbocycles. The first-order chi connectivity index (χ1) is 9.65. The number of rotatable bonds is 4. The Morgan fingerprint density at radius 3 is 2.41 bits per heavy atom. The van der Waals surface area contributed by atoms with Gasteiger partial charge in [-0.05, 0) is 39.5 Å². The van der Waals surface area contributed by atoms with Gasteiger partial charge in [0, 0.05) is 19.6 Å². The molecule has 0 bridgehead atoms. The zero-order valence-electron chi connectivity index (χ0n) is 14.5. The minimum absolute atomic E-state index is 0. The first-order valence-electron chi connectivity index (χ1n) is 7.85. The molecule has 1 aliphatic carbocycles. The molecular weight excluding hydrogens is 413 g/mol. The quantitative estimate of drug-likeness (QED) is 0.397. The van der Waals surface area contributed by atoms with Crippen LogP contribution in [-0.2, 0) is 9.84 Å². The lowest BCUT2D eigenvalue weighted by atomic mass is 9.87. The molecule has 0 aromatic rings. The molecule has 0 amide bonds. The number of nitrogens with one attached hydrogen (secondary N) is 2. The summed E-state index contributed by atoms with van der Waals surface area (Å²) in [6.07, 6.45) is 4.86. The molecule has 0 spiro atoms. The number of guanidine groups is 1. The van der Waals surface area contributed by atoms with Gasteiger partial charge in [-0.25, -0.2) is 8.42 Å². The fourth-order valence-corrected chi connectivity index (χ4v) is 3.55. The van der Waals surface area contributed by atoms with Crippen LogP contribution in [-0.4, -0.2) is 44.5 Å². The molecule has 0 aromatic heterocycles.